The molecule has 8 heteroatoms. The Bertz CT molecular complexity index is 1030. The SMILES string of the molecule is CC(C)(C)NC(=O)c1ccccc1NC(=O)c1ccc(S(=O)(=O)N2CCCC2)cc1. The zero-order valence-electron chi connectivity index (χ0n) is 17.4. The first-order valence-electron chi connectivity index (χ1n) is 9.91. The van der Waals surface area contributed by atoms with Gasteiger partial charge in [-0.3, -0.25) is 9.59 Å². The molecular weight excluding hydrogens is 402 g/mol. The third-order valence-electron chi connectivity index (χ3n) is 4.73. The van der Waals surface area contributed by atoms with E-state index in [9.17, 15) is 18.0 Å². The van der Waals surface area contributed by atoms with Crippen molar-refractivity contribution in [1.82, 2.24) is 9.62 Å². The molecule has 0 aliphatic carbocycles. The lowest BCUT2D eigenvalue weighted by molar-refractivity contribution is 0.0920. The minimum Gasteiger partial charge on any atom is -0.347 e. The normalized spacial score (nSPS) is 15.0. The first-order valence-corrected chi connectivity index (χ1v) is 11.3. The molecule has 2 aromatic carbocycles. The summed E-state index contributed by atoms with van der Waals surface area (Å²) in [5, 5.41) is 5.63. The van der Waals surface area contributed by atoms with Crippen molar-refractivity contribution in [3.63, 3.8) is 0 Å². The summed E-state index contributed by atoms with van der Waals surface area (Å²) in [5.74, 6) is -0.707. The van der Waals surface area contributed by atoms with Gasteiger partial charge in [-0.15, -0.1) is 0 Å². The molecule has 30 heavy (non-hydrogen) atoms. The first-order chi connectivity index (χ1) is 14.1. The Balaban J connectivity index is 1.76. The minimum atomic E-state index is -3.53. The van der Waals surface area contributed by atoms with Crippen LogP contribution in [0.2, 0.25) is 0 Å². The molecule has 160 valence electrons. The molecule has 1 heterocycles. The average molecular weight is 430 g/mol. The van der Waals surface area contributed by atoms with Crippen LogP contribution in [0.1, 0.15) is 54.3 Å². The Labute approximate surface area is 177 Å². The summed E-state index contributed by atoms with van der Waals surface area (Å²) in [5.41, 5.74) is 0.638. The highest BCUT2D eigenvalue weighted by Gasteiger charge is 2.27. The smallest absolute Gasteiger partial charge is 0.255 e. The molecule has 0 aromatic heterocycles. The summed E-state index contributed by atoms with van der Waals surface area (Å²) in [6.45, 7) is 6.69. The zero-order valence-corrected chi connectivity index (χ0v) is 18.3. The number of para-hydroxylation sites is 1. The predicted octanol–water partition coefficient (Wildman–Crippen LogP) is 3.25. The molecule has 0 saturated carbocycles. The molecular formula is C22H27N3O4S. The Morgan fingerprint density at radius 3 is 2.10 bits per heavy atom. The Hall–Kier alpha value is -2.71. The topological polar surface area (TPSA) is 95.6 Å². The van der Waals surface area contributed by atoms with E-state index in [4.69, 9.17) is 0 Å². The van der Waals surface area contributed by atoms with Gasteiger partial charge in [-0.1, -0.05) is 12.1 Å². The molecule has 2 N–H and O–H groups in total. The van der Waals surface area contributed by atoms with Crippen LogP contribution in [-0.4, -0.2) is 43.2 Å². The van der Waals surface area contributed by atoms with E-state index >= 15 is 0 Å². The summed E-state index contributed by atoms with van der Waals surface area (Å²) in [7, 11) is -3.53. The van der Waals surface area contributed by atoms with Gasteiger partial charge in [-0.05, 0) is 70.0 Å². The summed E-state index contributed by atoms with van der Waals surface area (Å²) in [6.07, 6.45) is 1.73. The number of amides is 2. The van der Waals surface area contributed by atoms with Crippen LogP contribution in [0.15, 0.2) is 53.4 Å². The molecule has 0 radical (unpaired) electrons. The Morgan fingerprint density at radius 2 is 1.50 bits per heavy atom. The van der Waals surface area contributed by atoms with Crippen molar-refractivity contribution in [3.8, 4) is 0 Å². The predicted molar refractivity (Wildman–Crippen MR) is 116 cm³/mol. The monoisotopic (exact) mass is 429 g/mol. The highest BCUT2D eigenvalue weighted by Crippen LogP contribution is 2.22. The quantitative estimate of drug-likeness (QED) is 0.763. The largest absolute Gasteiger partial charge is 0.347 e. The van der Waals surface area contributed by atoms with Gasteiger partial charge in [-0.2, -0.15) is 4.31 Å². The number of carbonyl (C=O) groups excluding carboxylic acids is 2. The molecule has 7 nitrogen and oxygen atoms in total. The van der Waals surface area contributed by atoms with E-state index in [1.807, 2.05) is 20.8 Å². The van der Waals surface area contributed by atoms with Crippen molar-refractivity contribution in [1.29, 1.82) is 0 Å². The number of hydrogen-bond acceptors (Lipinski definition) is 4. The lowest BCUT2D eigenvalue weighted by atomic mass is 10.1. The lowest BCUT2D eigenvalue weighted by Crippen LogP contribution is -2.40. The van der Waals surface area contributed by atoms with E-state index < -0.39 is 21.5 Å². The second kappa shape index (κ2) is 8.57. The first kappa shape index (κ1) is 22.0. The van der Waals surface area contributed by atoms with Crippen molar-refractivity contribution in [2.45, 2.75) is 44.0 Å². The van der Waals surface area contributed by atoms with Crippen LogP contribution in [0.25, 0.3) is 0 Å². The van der Waals surface area contributed by atoms with Crippen LogP contribution in [-0.2, 0) is 10.0 Å². The van der Waals surface area contributed by atoms with E-state index in [2.05, 4.69) is 10.6 Å². The van der Waals surface area contributed by atoms with Crippen LogP contribution in [0.5, 0.6) is 0 Å². The number of anilines is 1. The molecule has 0 bridgehead atoms. The highest BCUT2D eigenvalue weighted by molar-refractivity contribution is 7.89. The van der Waals surface area contributed by atoms with Crippen LogP contribution in [0.3, 0.4) is 0 Å². The van der Waals surface area contributed by atoms with Crippen molar-refractivity contribution in [2.24, 2.45) is 0 Å². The van der Waals surface area contributed by atoms with Gasteiger partial charge in [0.05, 0.1) is 16.1 Å². The zero-order chi connectivity index (χ0) is 21.9. The number of rotatable bonds is 5. The van der Waals surface area contributed by atoms with E-state index in [1.54, 1.807) is 24.3 Å². The number of carbonyl (C=O) groups is 2. The molecule has 1 fully saturated rings. The van der Waals surface area contributed by atoms with Gasteiger partial charge in [0.25, 0.3) is 11.8 Å². The van der Waals surface area contributed by atoms with Gasteiger partial charge in [0.15, 0.2) is 0 Å². The molecule has 1 saturated heterocycles. The van der Waals surface area contributed by atoms with E-state index in [-0.39, 0.29) is 10.8 Å². The maximum Gasteiger partial charge on any atom is 0.255 e. The van der Waals surface area contributed by atoms with Gasteiger partial charge in [-0.25, -0.2) is 8.42 Å². The molecule has 0 spiro atoms. The molecule has 2 aromatic rings. The van der Waals surface area contributed by atoms with Crippen LogP contribution >= 0.6 is 0 Å². The third kappa shape index (κ3) is 5.06. The summed E-state index contributed by atoms with van der Waals surface area (Å²) >= 11 is 0. The fourth-order valence-corrected chi connectivity index (χ4v) is 4.77. The Kier molecular flexibility index (Phi) is 6.28. The second-order valence-corrected chi connectivity index (χ2v) is 10.3. The maximum atomic E-state index is 12.7. The number of nitrogens with zero attached hydrogens (tertiary/aromatic N) is 1. The molecule has 0 atom stereocenters. The van der Waals surface area contributed by atoms with Gasteiger partial charge < -0.3 is 10.6 Å². The average Bonchev–Trinajstić information content (AvgIpc) is 3.23. The highest BCUT2D eigenvalue weighted by atomic mass is 32.2. The molecule has 1 aliphatic rings. The van der Waals surface area contributed by atoms with Gasteiger partial charge in [0.2, 0.25) is 10.0 Å². The molecule has 0 unspecified atom stereocenters. The van der Waals surface area contributed by atoms with Gasteiger partial charge >= 0.3 is 0 Å². The van der Waals surface area contributed by atoms with E-state index in [0.29, 0.717) is 29.9 Å². The van der Waals surface area contributed by atoms with Crippen LogP contribution in [0, 0.1) is 0 Å². The number of sulfonamides is 1. The molecule has 2 amide bonds. The molecule has 3 rings (SSSR count). The van der Waals surface area contributed by atoms with Gasteiger partial charge in [0, 0.05) is 24.2 Å². The summed E-state index contributed by atoms with van der Waals surface area (Å²) in [4.78, 5) is 25.4. The van der Waals surface area contributed by atoms with Crippen LogP contribution < -0.4 is 10.6 Å². The van der Waals surface area contributed by atoms with Crippen molar-refractivity contribution in [3.05, 3.63) is 59.7 Å². The Morgan fingerprint density at radius 1 is 0.900 bits per heavy atom. The van der Waals surface area contributed by atoms with E-state index in [0.717, 1.165) is 12.8 Å². The third-order valence-corrected chi connectivity index (χ3v) is 6.64. The lowest BCUT2D eigenvalue weighted by Gasteiger charge is -2.21. The summed E-state index contributed by atoms with van der Waals surface area (Å²) < 4.78 is 26.7. The number of benzene rings is 2. The van der Waals surface area contributed by atoms with Crippen molar-refractivity contribution in [2.75, 3.05) is 18.4 Å². The number of nitrogens with one attached hydrogen (secondary N) is 2. The van der Waals surface area contributed by atoms with E-state index in [1.165, 1.54) is 28.6 Å². The maximum absolute atomic E-state index is 12.7. The minimum absolute atomic E-state index is 0.172. The van der Waals surface area contributed by atoms with Gasteiger partial charge in [0.1, 0.15) is 0 Å². The fraction of sp³-hybridized carbons (Fsp3) is 0.364. The number of hydrogen-bond donors (Lipinski definition) is 2. The fourth-order valence-electron chi connectivity index (χ4n) is 3.25. The van der Waals surface area contributed by atoms with Crippen LogP contribution in [0.4, 0.5) is 5.69 Å². The molecule has 1 aliphatic heterocycles. The van der Waals surface area contributed by atoms with Crippen molar-refractivity contribution < 1.29 is 18.0 Å². The second-order valence-electron chi connectivity index (χ2n) is 8.34. The standard InChI is InChI=1S/C22H27N3O4S/c1-22(2,3)24-21(27)18-8-4-5-9-19(18)23-20(26)16-10-12-17(13-11-16)30(28,29)25-14-6-7-15-25/h4-5,8-13H,6-7,14-15H2,1-3H3,(H,23,26)(H,24,27). The summed E-state index contributed by atoms with van der Waals surface area (Å²) in [6, 6.07) is 12.6. The van der Waals surface area contributed by atoms with Crippen molar-refractivity contribution >= 4 is 27.5 Å².